The fourth-order valence-electron chi connectivity index (χ4n) is 5.00. The van der Waals surface area contributed by atoms with Gasteiger partial charge >= 0.3 is 0 Å². The third-order valence-corrected chi connectivity index (χ3v) is 10.7. The molecule has 4 aromatic rings. The van der Waals surface area contributed by atoms with Crippen molar-refractivity contribution >= 4 is 36.7 Å². The number of aryl methyl sites for hydroxylation is 1. The first-order valence-electron chi connectivity index (χ1n) is 13.4. The molecule has 1 atom stereocenters. The maximum Gasteiger partial charge on any atom is 0.243 e. The molecule has 1 saturated heterocycles. The molecule has 1 aliphatic heterocycles. The van der Waals surface area contributed by atoms with Gasteiger partial charge in [0.05, 0.1) is 21.4 Å². The van der Waals surface area contributed by atoms with Gasteiger partial charge in [-0.2, -0.15) is 14.3 Å². The Bertz CT molecular complexity index is 1880. The lowest BCUT2D eigenvalue weighted by Crippen LogP contribution is -2.56. The summed E-state index contributed by atoms with van der Waals surface area (Å²) in [6, 6.07) is 26.3. The van der Waals surface area contributed by atoms with Crippen LogP contribution in [0.1, 0.15) is 16.7 Å². The quantitative estimate of drug-likeness (QED) is 0.329. The summed E-state index contributed by atoms with van der Waals surface area (Å²) in [5, 5.41) is 11.0. The van der Waals surface area contributed by atoms with Crippen molar-refractivity contribution in [3.63, 3.8) is 0 Å². The molecule has 0 aliphatic carbocycles. The first-order chi connectivity index (χ1) is 20.1. The molecule has 1 amide bonds. The average Bonchev–Trinajstić information content (AvgIpc) is 3.00. The summed E-state index contributed by atoms with van der Waals surface area (Å²) < 4.78 is 57.3. The topological polar surface area (TPSA) is 128 Å². The minimum absolute atomic E-state index is 0.0169. The molecule has 4 aromatic carbocycles. The van der Waals surface area contributed by atoms with E-state index in [2.05, 4.69) is 10.8 Å². The highest BCUT2D eigenvalue weighted by Gasteiger charge is 2.34. The number of fused-ring (bicyclic) bond motifs is 1. The van der Waals surface area contributed by atoms with Crippen LogP contribution < -0.4 is 4.72 Å². The molecule has 1 heterocycles. The average molecular weight is 603 g/mol. The van der Waals surface area contributed by atoms with Crippen LogP contribution in [-0.2, 0) is 31.3 Å². The second-order valence-corrected chi connectivity index (χ2v) is 13.9. The van der Waals surface area contributed by atoms with E-state index in [0.717, 1.165) is 16.3 Å². The predicted octanol–water partition coefficient (Wildman–Crippen LogP) is 3.44. The number of rotatable bonds is 8. The van der Waals surface area contributed by atoms with E-state index < -0.39 is 32.0 Å². The summed E-state index contributed by atoms with van der Waals surface area (Å²) in [6.07, 6.45) is 0.0169. The summed E-state index contributed by atoms with van der Waals surface area (Å²) in [5.41, 5.74) is 1.96. The molecule has 9 nitrogen and oxygen atoms in total. The number of sulfonamides is 2. The van der Waals surface area contributed by atoms with E-state index in [1.165, 1.54) is 15.3 Å². The summed E-state index contributed by atoms with van der Waals surface area (Å²) in [5.74, 6) is -0.464. The Morgan fingerprint density at radius 1 is 0.833 bits per heavy atom. The standard InChI is InChI=1S/C31H30N4O5S2/c1-23-9-12-28(13-10-23)42(39,40)35-17-15-34(16-18-35)31(36)30(20-24-5-4-6-25(19-24)22-32)33-41(37,38)29-14-11-26-7-2-3-8-27(26)21-29/h2-14,19,21,30,33H,15-18,20H2,1H3. The van der Waals surface area contributed by atoms with Crippen molar-refractivity contribution in [2.24, 2.45) is 0 Å². The monoisotopic (exact) mass is 602 g/mol. The number of piperazine rings is 1. The number of hydrogen-bond donors (Lipinski definition) is 1. The maximum atomic E-state index is 13.8. The molecule has 1 aliphatic rings. The van der Waals surface area contributed by atoms with Crippen LogP contribution >= 0.6 is 0 Å². The number of carbonyl (C=O) groups is 1. The van der Waals surface area contributed by atoms with Crippen LogP contribution in [0.5, 0.6) is 0 Å². The summed E-state index contributed by atoms with van der Waals surface area (Å²) in [7, 11) is -7.85. The molecular weight excluding hydrogens is 572 g/mol. The Morgan fingerprint density at radius 3 is 2.19 bits per heavy atom. The minimum atomic E-state index is -4.11. The Hall–Kier alpha value is -4.08. The van der Waals surface area contributed by atoms with Crippen LogP contribution in [0, 0.1) is 18.3 Å². The van der Waals surface area contributed by atoms with E-state index in [4.69, 9.17) is 0 Å². The van der Waals surface area contributed by atoms with E-state index in [9.17, 15) is 26.9 Å². The van der Waals surface area contributed by atoms with Gasteiger partial charge in [-0.05, 0) is 66.1 Å². The maximum absolute atomic E-state index is 13.8. The lowest BCUT2D eigenvalue weighted by molar-refractivity contribution is -0.134. The molecule has 11 heteroatoms. The lowest BCUT2D eigenvalue weighted by Gasteiger charge is -2.36. The fraction of sp³-hybridized carbons (Fsp3) is 0.226. The van der Waals surface area contributed by atoms with Gasteiger partial charge in [0.2, 0.25) is 26.0 Å². The summed E-state index contributed by atoms with van der Waals surface area (Å²) in [6.45, 7) is 2.25. The highest BCUT2D eigenvalue weighted by atomic mass is 32.2. The Labute approximate surface area is 246 Å². The number of amides is 1. The molecule has 1 unspecified atom stereocenters. The van der Waals surface area contributed by atoms with Crippen LogP contribution in [0.3, 0.4) is 0 Å². The zero-order valence-electron chi connectivity index (χ0n) is 23.0. The van der Waals surface area contributed by atoms with Crippen LogP contribution in [-0.4, -0.2) is 64.2 Å². The smallest absolute Gasteiger partial charge is 0.243 e. The highest BCUT2D eigenvalue weighted by Crippen LogP contribution is 2.22. The van der Waals surface area contributed by atoms with Crippen molar-refractivity contribution < 1.29 is 21.6 Å². The second kappa shape index (κ2) is 12.0. The van der Waals surface area contributed by atoms with Gasteiger partial charge in [0, 0.05) is 26.2 Å². The summed E-state index contributed by atoms with van der Waals surface area (Å²) >= 11 is 0. The Balaban J connectivity index is 1.37. The van der Waals surface area contributed by atoms with Gasteiger partial charge in [-0.25, -0.2) is 16.8 Å². The first-order valence-corrected chi connectivity index (χ1v) is 16.3. The fourth-order valence-corrected chi connectivity index (χ4v) is 7.65. The lowest BCUT2D eigenvalue weighted by atomic mass is 10.0. The molecular formula is C31H30N4O5S2. The Kier molecular flexibility index (Phi) is 8.43. The Morgan fingerprint density at radius 2 is 1.50 bits per heavy atom. The zero-order chi connectivity index (χ0) is 29.9. The molecule has 0 saturated carbocycles. The van der Waals surface area contributed by atoms with E-state index in [1.54, 1.807) is 60.7 Å². The zero-order valence-corrected chi connectivity index (χ0v) is 24.6. The predicted molar refractivity (Wildman–Crippen MR) is 159 cm³/mol. The van der Waals surface area contributed by atoms with E-state index >= 15 is 0 Å². The number of benzene rings is 4. The molecule has 5 rings (SSSR count). The van der Waals surface area contributed by atoms with Gasteiger partial charge in [0.1, 0.15) is 6.04 Å². The van der Waals surface area contributed by atoms with Crippen molar-refractivity contribution in [2.75, 3.05) is 26.2 Å². The number of hydrogen-bond acceptors (Lipinski definition) is 6. The number of carbonyl (C=O) groups excluding carboxylic acids is 1. The van der Waals surface area contributed by atoms with Gasteiger partial charge in [0.15, 0.2) is 0 Å². The first kappa shape index (κ1) is 29.4. The van der Waals surface area contributed by atoms with E-state index in [0.29, 0.717) is 11.1 Å². The van der Waals surface area contributed by atoms with Crippen molar-refractivity contribution in [2.45, 2.75) is 29.2 Å². The minimum Gasteiger partial charge on any atom is -0.339 e. The van der Waals surface area contributed by atoms with Crippen LogP contribution in [0.4, 0.5) is 0 Å². The van der Waals surface area contributed by atoms with E-state index in [-0.39, 0.29) is 42.4 Å². The van der Waals surface area contributed by atoms with Crippen molar-refractivity contribution in [1.82, 2.24) is 13.9 Å². The number of nitrogens with zero attached hydrogens (tertiary/aromatic N) is 3. The van der Waals surface area contributed by atoms with Gasteiger partial charge in [-0.15, -0.1) is 0 Å². The third-order valence-electron chi connectivity index (χ3n) is 7.33. The largest absolute Gasteiger partial charge is 0.339 e. The molecule has 0 aromatic heterocycles. The second-order valence-electron chi connectivity index (χ2n) is 10.2. The molecule has 216 valence electrons. The van der Waals surface area contributed by atoms with Crippen molar-refractivity contribution in [3.8, 4) is 6.07 Å². The van der Waals surface area contributed by atoms with Crippen LogP contribution in [0.25, 0.3) is 10.8 Å². The number of nitrogens with one attached hydrogen (secondary N) is 1. The van der Waals surface area contributed by atoms with Gasteiger partial charge in [-0.1, -0.05) is 60.2 Å². The molecule has 42 heavy (non-hydrogen) atoms. The molecule has 0 radical (unpaired) electrons. The van der Waals surface area contributed by atoms with E-state index in [1.807, 2.05) is 31.2 Å². The highest BCUT2D eigenvalue weighted by molar-refractivity contribution is 7.89. The molecule has 1 N–H and O–H groups in total. The van der Waals surface area contributed by atoms with Gasteiger partial charge in [-0.3, -0.25) is 4.79 Å². The molecule has 0 bridgehead atoms. The van der Waals surface area contributed by atoms with Gasteiger partial charge in [0.25, 0.3) is 0 Å². The van der Waals surface area contributed by atoms with Gasteiger partial charge < -0.3 is 4.90 Å². The van der Waals surface area contributed by atoms with Crippen molar-refractivity contribution in [3.05, 3.63) is 108 Å². The SMILES string of the molecule is Cc1ccc(S(=O)(=O)N2CCN(C(=O)C(Cc3cccc(C#N)c3)NS(=O)(=O)c3ccc4ccccc4c3)CC2)cc1. The normalized spacial score (nSPS) is 15.3. The third kappa shape index (κ3) is 6.37. The molecule has 1 fully saturated rings. The van der Waals surface area contributed by atoms with Crippen LogP contribution in [0.2, 0.25) is 0 Å². The van der Waals surface area contributed by atoms with Crippen LogP contribution in [0.15, 0.2) is 101 Å². The number of nitriles is 1. The van der Waals surface area contributed by atoms with Crippen molar-refractivity contribution in [1.29, 1.82) is 5.26 Å². The molecule has 0 spiro atoms. The summed E-state index contributed by atoms with van der Waals surface area (Å²) in [4.78, 5) is 15.5.